The number of amides is 2. The molecule has 0 spiro atoms. The number of benzene rings is 3. The number of fused-ring (bicyclic) bond motifs is 1. The van der Waals surface area contributed by atoms with E-state index in [-0.39, 0.29) is 35.9 Å². The molecule has 40 heavy (non-hydrogen) atoms. The molecule has 2 fully saturated rings. The van der Waals surface area contributed by atoms with Gasteiger partial charge < -0.3 is 14.5 Å². The second-order valence-electron chi connectivity index (χ2n) is 11.4. The summed E-state index contributed by atoms with van der Waals surface area (Å²) >= 11 is 6.05. The SMILES string of the molecule is CC(C)(C)OC(=O)N1CC[C@@H](c2ccc(C(=O)N3CCN(S(=O)(=O)c4ccc5cc(Cl)ccc5c4)CC3)cc2)C1. The van der Waals surface area contributed by atoms with Gasteiger partial charge in [-0.25, -0.2) is 13.2 Å². The predicted molar refractivity (Wildman–Crippen MR) is 155 cm³/mol. The number of rotatable bonds is 4. The summed E-state index contributed by atoms with van der Waals surface area (Å²) in [7, 11) is -3.69. The lowest BCUT2D eigenvalue weighted by atomic mass is 9.97. The third-order valence-corrected chi connectivity index (χ3v) is 9.54. The van der Waals surface area contributed by atoms with E-state index in [4.69, 9.17) is 16.3 Å². The zero-order chi connectivity index (χ0) is 28.7. The van der Waals surface area contributed by atoms with Crippen molar-refractivity contribution in [2.24, 2.45) is 0 Å². The molecule has 5 rings (SSSR count). The van der Waals surface area contributed by atoms with E-state index in [1.165, 1.54) is 4.31 Å². The van der Waals surface area contributed by atoms with Crippen molar-refractivity contribution in [3.63, 3.8) is 0 Å². The maximum absolute atomic E-state index is 13.3. The van der Waals surface area contributed by atoms with Gasteiger partial charge in [0.15, 0.2) is 0 Å². The monoisotopic (exact) mass is 583 g/mol. The van der Waals surface area contributed by atoms with Gasteiger partial charge in [0, 0.05) is 55.8 Å². The van der Waals surface area contributed by atoms with Gasteiger partial charge in [-0.05, 0) is 79.9 Å². The van der Waals surface area contributed by atoms with Gasteiger partial charge in [-0.15, -0.1) is 0 Å². The molecular formula is C30H34ClN3O5S. The van der Waals surface area contributed by atoms with E-state index in [2.05, 4.69) is 0 Å². The van der Waals surface area contributed by atoms with Gasteiger partial charge >= 0.3 is 6.09 Å². The Labute approximate surface area is 240 Å². The van der Waals surface area contributed by atoms with Gasteiger partial charge in [-0.1, -0.05) is 35.9 Å². The maximum Gasteiger partial charge on any atom is 0.410 e. The molecule has 1 atom stereocenters. The van der Waals surface area contributed by atoms with E-state index in [1.807, 2.05) is 51.1 Å². The third-order valence-electron chi connectivity index (χ3n) is 7.41. The van der Waals surface area contributed by atoms with Crippen LogP contribution in [0.25, 0.3) is 10.8 Å². The van der Waals surface area contributed by atoms with Crippen molar-refractivity contribution in [3.05, 3.63) is 76.8 Å². The molecular weight excluding hydrogens is 550 g/mol. The van der Waals surface area contributed by atoms with Gasteiger partial charge in [0.2, 0.25) is 10.0 Å². The first-order valence-electron chi connectivity index (χ1n) is 13.5. The fourth-order valence-corrected chi connectivity index (χ4v) is 6.88. The summed E-state index contributed by atoms with van der Waals surface area (Å²) in [5.41, 5.74) is 1.12. The number of nitrogens with zero attached hydrogens (tertiary/aromatic N) is 3. The summed E-state index contributed by atoms with van der Waals surface area (Å²) < 4.78 is 33.5. The van der Waals surface area contributed by atoms with E-state index in [9.17, 15) is 18.0 Å². The minimum absolute atomic E-state index is 0.118. The molecule has 3 aromatic rings. The van der Waals surface area contributed by atoms with Crippen molar-refractivity contribution < 1.29 is 22.7 Å². The molecule has 10 heteroatoms. The molecule has 2 aliphatic heterocycles. The number of carbonyl (C=O) groups is 2. The van der Waals surface area contributed by atoms with Crippen molar-refractivity contribution in [1.29, 1.82) is 0 Å². The van der Waals surface area contributed by atoms with Crippen molar-refractivity contribution in [3.8, 4) is 0 Å². The number of carbonyl (C=O) groups excluding carboxylic acids is 2. The molecule has 2 amide bonds. The van der Waals surface area contributed by atoms with Crippen LogP contribution in [-0.2, 0) is 14.8 Å². The molecule has 3 aromatic carbocycles. The molecule has 0 N–H and O–H groups in total. The lowest BCUT2D eigenvalue weighted by Gasteiger charge is -2.34. The Morgan fingerprint density at radius 1 is 0.850 bits per heavy atom. The first-order valence-corrected chi connectivity index (χ1v) is 15.3. The first-order chi connectivity index (χ1) is 18.9. The van der Waals surface area contributed by atoms with E-state index in [1.54, 1.807) is 40.1 Å². The fraction of sp³-hybridized carbons (Fsp3) is 0.400. The van der Waals surface area contributed by atoms with Gasteiger partial charge in [0.1, 0.15) is 5.60 Å². The van der Waals surface area contributed by atoms with Crippen molar-refractivity contribution in [2.45, 2.75) is 43.6 Å². The van der Waals surface area contributed by atoms with Gasteiger partial charge in [-0.2, -0.15) is 4.31 Å². The highest BCUT2D eigenvalue weighted by Gasteiger charge is 2.32. The van der Waals surface area contributed by atoms with Crippen LogP contribution < -0.4 is 0 Å². The molecule has 2 aliphatic rings. The van der Waals surface area contributed by atoms with Crippen LogP contribution in [0, 0.1) is 0 Å². The summed E-state index contributed by atoms with van der Waals surface area (Å²) in [4.78, 5) is 29.2. The summed E-state index contributed by atoms with van der Waals surface area (Å²) in [6, 6.07) is 17.9. The Morgan fingerprint density at radius 3 is 2.17 bits per heavy atom. The van der Waals surface area contributed by atoms with Crippen LogP contribution in [0.1, 0.15) is 49.0 Å². The molecule has 0 bridgehead atoms. The highest BCUT2D eigenvalue weighted by Crippen LogP contribution is 2.29. The second-order valence-corrected chi connectivity index (χ2v) is 13.8. The van der Waals surface area contributed by atoms with Crippen molar-refractivity contribution >= 4 is 44.4 Å². The zero-order valence-electron chi connectivity index (χ0n) is 23.0. The van der Waals surface area contributed by atoms with Crippen LogP contribution in [0.3, 0.4) is 0 Å². The fourth-order valence-electron chi connectivity index (χ4n) is 5.24. The molecule has 0 unspecified atom stereocenters. The first kappa shape index (κ1) is 28.4. The van der Waals surface area contributed by atoms with Crippen molar-refractivity contribution in [1.82, 2.24) is 14.1 Å². The smallest absolute Gasteiger partial charge is 0.410 e. The topological polar surface area (TPSA) is 87.2 Å². The maximum atomic E-state index is 13.3. The molecule has 0 radical (unpaired) electrons. The lowest BCUT2D eigenvalue weighted by molar-refractivity contribution is 0.0292. The van der Waals surface area contributed by atoms with Crippen LogP contribution in [0.2, 0.25) is 5.02 Å². The number of likely N-dealkylation sites (tertiary alicyclic amines) is 1. The summed E-state index contributed by atoms with van der Waals surface area (Å²) in [6.45, 7) is 7.89. The molecule has 0 aliphatic carbocycles. The van der Waals surface area contributed by atoms with E-state index >= 15 is 0 Å². The van der Waals surface area contributed by atoms with Crippen LogP contribution >= 0.6 is 11.6 Å². The number of sulfonamides is 1. The minimum Gasteiger partial charge on any atom is -0.444 e. The summed E-state index contributed by atoms with van der Waals surface area (Å²) in [5, 5.41) is 2.28. The average molecular weight is 584 g/mol. The highest BCUT2D eigenvalue weighted by atomic mass is 35.5. The molecule has 212 valence electrons. The molecule has 8 nitrogen and oxygen atoms in total. The van der Waals surface area contributed by atoms with Crippen LogP contribution in [-0.4, -0.2) is 79.4 Å². The molecule has 2 heterocycles. The third kappa shape index (κ3) is 6.11. The second kappa shape index (κ2) is 11.0. The van der Waals surface area contributed by atoms with Gasteiger partial charge in [0.25, 0.3) is 5.91 Å². The number of ether oxygens (including phenoxy) is 1. The molecule has 0 aromatic heterocycles. The Kier molecular flexibility index (Phi) is 7.83. The average Bonchev–Trinajstić information content (AvgIpc) is 3.42. The zero-order valence-corrected chi connectivity index (χ0v) is 24.5. The van der Waals surface area contributed by atoms with Crippen LogP contribution in [0.15, 0.2) is 65.6 Å². The van der Waals surface area contributed by atoms with E-state index < -0.39 is 15.6 Å². The van der Waals surface area contributed by atoms with Gasteiger partial charge in [0.05, 0.1) is 4.90 Å². The summed E-state index contributed by atoms with van der Waals surface area (Å²) in [5.74, 6) is 0.0745. The molecule has 2 saturated heterocycles. The quantitative estimate of drug-likeness (QED) is 0.412. The number of hydrogen-bond acceptors (Lipinski definition) is 5. The standard InChI is InChI=1S/C30H34ClN3O5S/c1-30(2,3)39-29(36)33-13-12-25(20-33)21-4-6-22(7-5-21)28(35)32-14-16-34(17-15-32)40(37,38)27-11-9-23-18-26(31)10-8-24(23)19-27/h4-11,18-19,25H,12-17,20H2,1-3H3/t25-/m1/s1. The number of piperazine rings is 1. The number of hydrogen-bond donors (Lipinski definition) is 0. The molecule has 0 saturated carbocycles. The van der Waals surface area contributed by atoms with Gasteiger partial charge in [-0.3, -0.25) is 4.79 Å². The highest BCUT2D eigenvalue weighted by molar-refractivity contribution is 7.89. The van der Waals surface area contributed by atoms with Crippen molar-refractivity contribution in [2.75, 3.05) is 39.3 Å². The normalized spacial score (nSPS) is 18.8. The minimum atomic E-state index is -3.69. The van der Waals surface area contributed by atoms with Crippen LogP contribution in [0.4, 0.5) is 4.79 Å². The predicted octanol–water partition coefficient (Wildman–Crippen LogP) is 5.36. The summed E-state index contributed by atoms with van der Waals surface area (Å²) in [6.07, 6.45) is 0.543. The Morgan fingerprint density at radius 2 is 1.50 bits per heavy atom. The largest absolute Gasteiger partial charge is 0.444 e. The van der Waals surface area contributed by atoms with Crippen LogP contribution in [0.5, 0.6) is 0 Å². The Bertz CT molecular complexity index is 1530. The lowest BCUT2D eigenvalue weighted by Crippen LogP contribution is -2.50. The van der Waals surface area contributed by atoms with E-state index in [0.717, 1.165) is 22.8 Å². The number of halogens is 1. The van der Waals surface area contributed by atoms with E-state index in [0.29, 0.717) is 36.8 Å². The Balaban J connectivity index is 1.18. The Hall–Kier alpha value is -3.14.